The van der Waals surface area contributed by atoms with Crippen LogP contribution in [0.25, 0.3) is 0 Å². The van der Waals surface area contributed by atoms with Crippen molar-refractivity contribution < 1.29 is 17.9 Å². The molecule has 2 saturated heterocycles. The van der Waals surface area contributed by atoms with Crippen molar-refractivity contribution in [2.24, 2.45) is 0 Å². The van der Waals surface area contributed by atoms with E-state index >= 15 is 0 Å². The number of nitrogens with zero attached hydrogens (tertiary/aromatic N) is 1. The Morgan fingerprint density at radius 3 is 2.65 bits per heavy atom. The predicted octanol–water partition coefficient (Wildman–Crippen LogP) is 1.35. The molecule has 2 heterocycles. The fourth-order valence-corrected chi connectivity index (χ4v) is 5.28. The zero-order valence-electron chi connectivity index (χ0n) is 15.3. The summed E-state index contributed by atoms with van der Waals surface area (Å²) in [5, 5.41) is 6.36. The highest BCUT2D eigenvalue weighted by atomic mass is 32.2. The number of sulfonamides is 1. The standard InChI is InChI=1S/C18H27N3O4S/c1-13-15(6-5-9-19-13)20-18(22)14-7-8-16(25-2)17(12-14)26(23,24)21-10-3-4-11-21/h7-8,12-13,15,19H,3-6,9-11H2,1-2H3,(H,20,22). The van der Waals surface area contributed by atoms with Crippen LogP contribution in [0.15, 0.2) is 23.1 Å². The fraction of sp³-hybridized carbons (Fsp3) is 0.611. The predicted molar refractivity (Wildman–Crippen MR) is 98.9 cm³/mol. The molecule has 2 N–H and O–H groups in total. The smallest absolute Gasteiger partial charge is 0.251 e. The lowest BCUT2D eigenvalue weighted by Gasteiger charge is -2.30. The third-order valence-electron chi connectivity index (χ3n) is 5.19. The summed E-state index contributed by atoms with van der Waals surface area (Å²) in [6, 6.07) is 4.83. The molecule has 8 heteroatoms. The van der Waals surface area contributed by atoms with Gasteiger partial charge in [0.1, 0.15) is 10.6 Å². The number of carbonyl (C=O) groups is 1. The fourth-order valence-electron chi connectivity index (χ4n) is 3.58. The van der Waals surface area contributed by atoms with Crippen molar-refractivity contribution in [1.29, 1.82) is 0 Å². The van der Waals surface area contributed by atoms with E-state index < -0.39 is 10.0 Å². The molecule has 0 aromatic heterocycles. The van der Waals surface area contributed by atoms with Gasteiger partial charge in [-0.3, -0.25) is 4.79 Å². The first-order valence-electron chi connectivity index (χ1n) is 9.16. The van der Waals surface area contributed by atoms with Gasteiger partial charge in [0.15, 0.2) is 0 Å². The Kier molecular flexibility index (Phi) is 5.84. The summed E-state index contributed by atoms with van der Waals surface area (Å²) in [4.78, 5) is 12.7. The van der Waals surface area contributed by atoms with Crippen LogP contribution in [0.5, 0.6) is 5.75 Å². The third kappa shape index (κ3) is 3.87. The van der Waals surface area contributed by atoms with Crippen LogP contribution in [0.2, 0.25) is 0 Å². The summed E-state index contributed by atoms with van der Waals surface area (Å²) in [5.41, 5.74) is 0.335. The molecule has 2 aliphatic heterocycles. The maximum atomic E-state index is 12.9. The maximum absolute atomic E-state index is 12.9. The van der Waals surface area contributed by atoms with Crippen molar-refractivity contribution in [3.05, 3.63) is 23.8 Å². The van der Waals surface area contributed by atoms with Gasteiger partial charge in [-0.15, -0.1) is 0 Å². The minimum Gasteiger partial charge on any atom is -0.495 e. The molecule has 1 aromatic rings. The molecule has 144 valence electrons. The maximum Gasteiger partial charge on any atom is 0.251 e. The lowest BCUT2D eigenvalue weighted by atomic mass is 9.99. The van der Waals surface area contributed by atoms with Crippen LogP contribution in [0, 0.1) is 0 Å². The summed E-state index contributed by atoms with van der Waals surface area (Å²) in [6.45, 7) is 4.01. The second kappa shape index (κ2) is 7.94. The minimum atomic E-state index is -3.67. The minimum absolute atomic E-state index is 0.0389. The number of piperidine rings is 1. The van der Waals surface area contributed by atoms with Crippen LogP contribution in [-0.2, 0) is 10.0 Å². The molecule has 2 fully saturated rings. The number of amides is 1. The molecule has 0 radical (unpaired) electrons. The number of nitrogens with one attached hydrogen (secondary N) is 2. The molecule has 1 amide bonds. The molecule has 0 spiro atoms. The van der Waals surface area contributed by atoms with Crippen LogP contribution in [0.1, 0.15) is 43.0 Å². The highest BCUT2D eigenvalue weighted by molar-refractivity contribution is 7.89. The van der Waals surface area contributed by atoms with Crippen molar-refractivity contribution >= 4 is 15.9 Å². The van der Waals surface area contributed by atoms with Crippen LogP contribution < -0.4 is 15.4 Å². The molecule has 0 aliphatic carbocycles. The molecule has 2 aliphatic rings. The van der Waals surface area contributed by atoms with Gasteiger partial charge < -0.3 is 15.4 Å². The largest absolute Gasteiger partial charge is 0.495 e. The molecule has 7 nitrogen and oxygen atoms in total. The average molecular weight is 381 g/mol. The van der Waals surface area contributed by atoms with Crippen LogP contribution >= 0.6 is 0 Å². The summed E-state index contributed by atoms with van der Waals surface area (Å²) in [7, 11) is -2.23. The Labute approximate surface area is 155 Å². The Morgan fingerprint density at radius 1 is 1.27 bits per heavy atom. The highest BCUT2D eigenvalue weighted by Gasteiger charge is 2.31. The van der Waals surface area contributed by atoms with Gasteiger partial charge in [-0.05, 0) is 57.4 Å². The second-order valence-corrected chi connectivity index (χ2v) is 8.85. The number of methoxy groups -OCH3 is 1. The summed E-state index contributed by atoms with van der Waals surface area (Å²) in [6.07, 6.45) is 3.63. The molecule has 0 bridgehead atoms. The van der Waals surface area contributed by atoms with Crippen molar-refractivity contribution in [3.63, 3.8) is 0 Å². The van der Waals surface area contributed by atoms with E-state index in [1.165, 1.54) is 17.5 Å². The van der Waals surface area contributed by atoms with Crippen molar-refractivity contribution in [1.82, 2.24) is 14.9 Å². The zero-order valence-corrected chi connectivity index (χ0v) is 16.1. The SMILES string of the molecule is COc1ccc(C(=O)NC2CCCNC2C)cc1S(=O)(=O)N1CCCC1. The van der Waals surface area contributed by atoms with E-state index in [0.717, 1.165) is 32.2 Å². The van der Waals surface area contributed by atoms with E-state index in [1.807, 2.05) is 6.92 Å². The first-order valence-corrected chi connectivity index (χ1v) is 10.6. The topological polar surface area (TPSA) is 87.7 Å². The number of benzene rings is 1. The molecule has 1 aromatic carbocycles. The van der Waals surface area contributed by atoms with Gasteiger partial charge in [-0.2, -0.15) is 4.31 Å². The van der Waals surface area contributed by atoms with E-state index in [-0.39, 0.29) is 28.6 Å². The molecule has 2 atom stereocenters. The Morgan fingerprint density at radius 2 is 2.00 bits per heavy atom. The van der Waals surface area contributed by atoms with E-state index in [1.54, 1.807) is 12.1 Å². The summed E-state index contributed by atoms with van der Waals surface area (Å²) < 4.78 is 32.6. The van der Waals surface area contributed by atoms with Gasteiger partial charge in [0.05, 0.1) is 7.11 Å². The lowest BCUT2D eigenvalue weighted by molar-refractivity contribution is 0.0919. The Balaban J connectivity index is 1.86. The number of ether oxygens (including phenoxy) is 1. The van der Waals surface area contributed by atoms with Gasteiger partial charge in [0.2, 0.25) is 10.0 Å². The number of hydrogen-bond acceptors (Lipinski definition) is 5. The van der Waals surface area contributed by atoms with E-state index in [9.17, 15) is 13.2 Å². The van der Waals surface area contributed by atoms with Crippen molar-refractivity contribution in [2.75, 3.05) is 26.7 Å². The molecular weight excluding hydrogens is 354 g/mol. The van der Waals surface area contributed by atoms with Crippen LogP contribution in [0.4, 0.5) is 0 Å². The number of carbonyl (C=O) groups excluding carboxylic acids is 1. The number of hydrogen-bond donors (Lipinski definition) is 2. The zero-order chi connectivity index (χ0) is 18.7. The van der Waals surface area contributed by atoms with Gasteiger partial charge in [-0.25, -0.2) is 8.42 Å². The Hall–Kier alpha value is -1.64. The average Bonchev–Trinajstić information content (AvgIpc) is 3.18. The van der Waals surface area contributed by atoms with Crippen molar-refractivity contribution in [3.8, 4) is 5.75 Å². The second-order valence-electron chi connectivity index (χ2n) is 6.94. The lowest BCUT2D eigenvalue weighted by Crippen LogP contribution is -2.51. The Bertz CT molecular complexity index is 760. The highest BCUT2D eigenvalue weighted by Crippen LogP contribution is 2.30. The molecular formula is C18H27N3O4S. The van der Waals surface area contributed by atoms with E-state index in [4.69, 9.17) is 4.74 Å². The van der Waals surface area contributed by atoms with Gasteiger partial charge >= 0.3 is 0 Å². The molecule has 3 rings (SSSR count). The third-order valence-corrected chi connectivity index (χ3v) is 7.11. The van der Waals surface area contributed by atoms with E-state index in [2.05, 4.69) is 10.6 Å². The summed E-state index contributed by atoms with van der Waals surface area (Å²) >= 11 is 0. The molecule has 26 heavy (non-hydrogen) atoms. The van der Waals surface area contributed by atoms with E-state index in [0.29, 0.717) is 18.7 Å². The van der Waals surface area contributed by atoms with Gasteiger partial charge in [-0.1, -0.05) is 0 Å². The first-order chi connectivity index (χ1) is 12.4. The van der Waals surface area contributed by atoms with Crippen LogP contribution in [-0.4, -0.2) is 57.5 Å². The summed E-state index contributed by atoms with van der Waals surface area (Å²) in [5.74, 6) is 0.00669. The first kappa shape index (κ1) is 19.1. The van der Waals surface area contributed by atoms with Crippen LogP contribution in [0.3, 0.4) is 0 Å². The normalized spacial score (nSPS) is 24.4. The monoisotopic (exact) mass is 381 g/mol. The van der Waals surface area contributed by atoms with Gasteiger partial charge in [0, 0.05) is 30.7 Å². The van der Waals surface area contributed by atoms with Gasteiger partial charge in [0.25, 0.3) is 5.91 Å². The molecule has 2 unspecified atom stereocenters. The molecule has 0 saturated carbocycles. The van der Waals surface area contributed by atoms with Crippen molar-refractivity contribution in [2.45, 2.75) is 49.6 Å². The number of rotatable bonds is 5. The quantitative estimate of drug-likeness (QED) is 0.804.